The molecule has 5 nitrogen and oxygen atoms in total. The molecule has 0 aliphatic carbocycles. The number of likely N-dealkylation sites (tertiary alicyclic amines) is 1. The molecule has 33 heavy (non-hydrogen) atoms. The van der Waals surface area contributed by atoms with Crippen LogP contribution in [0.3, 0.4) is 0 Å². The summed E-state index contributed by atoms with van der Waals surface area (Å²) < 4.78 is 0. The number of amides is 2. The summed E-state index contributed by atoms with van der Waals surface area (Å²) in [6, 6.07) is 20.5. The lowest BCUT2D eigenvalue weighted by Gasteiger charge is -2.31. The topological polar surface area (TPSA) is 66.5 Å². The van der Waals surface area contributed by atoms with E-state index in [1.54, 1.807) is 71.6 Å². The molecule has 2 amide bonds. The van der Waals surface area contributed by atoms with Gasteiger partial charge in [-0.3, -0.25) is 14.4 Å². The molecule has 1 heterocycles. The van der Waals surface area contributed by atoms with Crippen LogP contribution in [0.4, 0.5) is 5.69 Å². The summed E-state index contributed by atoms with van der Waals surface area (Å²) in [6.07, 6.45) is 1.08. The fourth-order valence-electron chi connectivity index (χ4n) is 3.91. The molecular formula is C26H22Cl2N2O3. The van der Waals surface area contributed by atoms with Crippen LogP contribution < -0.4 is 5.32 Å². The summed E-state index contributed by atoms with van der Waals surface area (Å²) in [6.45, 7) is 0.964. The molecule has 0 saturated carbocycles. The second kappa shape index (κ2) is 10.2. The molecule has 0 aromatic heterocycles. The van der Waals surface area contributed by atoms with E-state index in [1.807, 2.05) is 6.07 Å². The summed E-state index contributed by atoms with van der Waals surface area (Å²) >= 11 is 12.0. The third-order valence-corrected chi connectivity index (χ3v) is 6.25. The Morgan fingerprint density at radius 1 is 0.788 bits per heavy atom. The molecule has 3 aromatic rings. The fourth-order valence-corrected chi connectivity index (χ4v) is 4.21. The van der Waals surface area contributed by atoms with Crippen LogP contribution in [-0.2, 0) is 4.79 Å². The fraction of sp³-hybridized carbons (Fsp3) is 0.192. The van der Waals surface area contributed by atoms with Gasteiger partial charge in [-0.1, -0.05) is 53.5 Å². The maximum absolute atomic E-state index is 13.0. The van der Waals surface area contributed by atoms with E-state index in [0.29, 0.717) is 58.4 Å². The van der Waals surface area contributed by atoms with Crippen molar-refractivity contribution in [3.05, 3.63) is 99.5 Å². The molecule has 1 aliphatic heterocycles. The summed E-state index contributed by atoms with van der Waals surface area (Å²) in [5, 5.41) is 3.90. The minimum atomic E-state index is -0.255. The first-order chi connectivity index (χ1) is 15.9. The Labute approximate surface area is 202 Å². The molecule has 168 valence electrons. The maximum atomic E-state index is 13.0. The highest BCUT2D eigenvalue weighted by Crippen LogP contribution is 2.26. The van der Waals surface area contributed by atoms with Gasteiger partial charge in [0.15, 0.2) is 5.78 Å². The Morgan fingerprint density at radius 2 is 1.42 bits per heavy atom. The lowest BCUT2D eigenvalue weighted by Crippen LogP contribution is -2.41. The number of nitrogens with zero attached hydrogens (tertiary/aromatic N) is 1. The average molecular weight is 481 g/mol. The summed E-state index contributed by atoms with van der Waals surface area (Å²) in [5.41, 5.74) is 1.87. The number of piperidine rings is 1. The third-order valence-electron chi connectivity index (χ3n) is 5.76. The van der Waals surface area contributed by atoms with Crippen LogP contribution in [0.25, 0.3) is 0 Å². The second-order valence-electron chi connectivity index (χ2n) is 7.95. The van der Waals surface area contributed by atoms with E-state index in [-0.39, 0.29) is 23.5 Å². The minimum absolute atomic E-state index is 0.0704. The summed E-state index contributed by atoms with van der Waals surface area (Å²) in [7, 11) is 0. The Kier molecular flexibility index (Phi) is 7.11. The Bertz CT molecular complexity index is 1170. The molecule has 1 fully saturated rings. The zero-order valence-electron chi connectivity index (χ0n) is 17.8. The van der Waals surface area contributed by atoms with Crippen molar-refractivity contribution in [3.8, 4) is 0 Å². The van der Waals surface area contributed by atoms with Gasteiger partial charge in [-0.15, -0.1) is 0 Å². The summed E-state index contributed by atoms with van der Waals surface area (Å²) in [5.74, 6) is -0.705. The van der Waals surface area contributed by atoms with Crippen LogP contribution >= 0.6 is 23.2 Å². The summed E-state index contributed by atoms with van der Waals surface area (Å²) in [4.78, 5) is 40.4. The minimum Gasteiger partial charge on any atom is -0.339 e. The molecule has 4 rings (SSSR count). The molecule has 7 heteroatoms. The molecule has 0 spiro atoms. The Balaban J connectivity index is 1.42. The standard InChI is InChI=1S/C26H22Cl2N2O3/c27-20-8-6-19(7-9-20)26(33)30-14-12-18(13-15-30)25(32)29-23-11-10-21(28)16-22(23)24(31)17-4-2-1-3-5-17/h1-11,16,18H,12-15H2,(H,29,32). The lowest BCUT2D eigenvalue weighted by atomic mass is 9.94. The van der Waals surface area contributed by atoms with E-state index < -0.39 is 0 Å². The van der Waals surface area contributed by atoms with E-state index in [0.717, 1.165) is 0 Å². The number of ketones is 1. The van der Waals surface area contributed by atoms with Crippen molar-refractivity contribution < 1.29 is 14.4 Å². The zero-order chi connectivity index (χ0) is 23.4. The Morgan fingerprint density at radius 3 is 2.09 bits per heavy atom. The van der Waals surface area contributed by atoms with E-state index in [1.165, 1.54) is 0 Å². The molecule has 0 atom stereocenters. The van der Waals surface area contributed by atoms with Crippen molar-refractivity contribution in [3.63, 3.8) is 0 Å². The maximum Gasteiger partial charge on any atom is 0.253 e. The number of hydrogen-bond acceptors (Lipinski definition) is 3. The van der Waals surface area contributed by atoms with Gasteiger partial charge in [-0.05, 0) is 55.3 Å². The average Bonchev–Trinajstić information content (AvgIpc) is 2.85. The number of carbonyl (C=O) groups is 3. The zero-order valence-corrected chi connectivity index (χ0v) is 19.3. The Hall–Kier alpha value is -3.15. The third kappa shape index (κ3) is 5.44. The van der Waals surface area contributed by atoms with E-state index >= 15 is 0 Å². The second-order valence-corrected chi connectivity index (χ2v) is 8.82. The van der Waals surface area contributed by atoms with Crippen LogP contribution in [0.15, 0.2) is 72.8 Å². The first-order valence-electron chi connectivity index (χ1n) is 10.7. The SMILES string of the molecule is O=C(c1ccccc1)c1cc(Cl)ccc1NC(=O)C1CCN(C(=O)c2ccc(Cl)cc2)CC1. The number of benzene rings is 3. The molecule has 3 aromatic carbocycles. The van der Waals surface area contributed by atoms with Gasteiger partial charge in [-0.2, -0.15) is 0 Å². The van der Waals surface area contributed by atoms with Crippen LogP contribution in [0.5, 0.6) is 0 Å². The molecule has 1 N–H and O–H groups in total. The highest BCUT2D eigenvalue weighted by atomic mass is 35.5. The molecule has 1 saturated heterocycles. The van der Waals surface area contributed by atoms with E-state index in [4.69, 9.17) is 23.2 Å². The van der Waals surface area contributed by atoms with Crippen molar-refractivity contribution in [2.45, 2.75) is 12.8 Å². The van der Waals surface area contributed by atoms with Gasteiger partial charge in [0.2, 0.25) is 5.91 Å². The normalized spacial score (nSPS) is 14.1. The van der Waals surface area contributed by atoms with Gasteiger partial charge in [0, 0.05) is 45.7 Å². The molecule has 0 unspecified atom stereocenters. The smallest absolute Gasteiger partial charge is 0.253 e. The van der Waals surface area contributed by atoms with Crippen molar-refractivity contribution in [2.24, 2.45) is 5.92 Å². The largest absolute Gasteiger partial charge is 0.339 e. The molecule has 1 aliphatic rings. The monoisotopic (exact) mass is 480 g/mol. The highest BCUT2D eigenvalue weighted by molar-refractivity contribution is 6.31. The van der Waals surface area contributed by atoms with Crippen LogP contribution in [0.1, 0.15) is 39.1 Å². The first kappa shape index (κ1) is 23.0. The number of rotatable bonds is 5. The first-order valence-corrected chi connectivity index (χ1v) is 11.4. The van der Waals surface area contributed by atoms with Crippen molar-refractivity contribution in [1.82, 2.24) is 4.90 Å². The molecular weight excluding hydrogens is 459 g/mol. The predicted molar refractivity (Wildman–Crippen MR) is 130 cm³/mol. The van der Waals surface area contributed by atoms with Gasteiger partial charge in [0.25, 0.3) is 5.91 Å². The quantitative estimate of drug-likeness (QED) is 0.475. The lowest BCUT2D eigenvalue weighted by molar-refractivity contribution is -0.121. The number of halogens is 2. The number of anilines is 1. The van der Waals surface area contributed by atoms with Crippen molar-refractivity contribution >= 4 is 46.5 Å². The number of hydrogen-bond donors (Lipinski definition) is 1. The van der Waals surface area contributed by atoms with E-state index in [2.05, 4.69) is 5.32 Å². The predicted octanol–water partition coefficient (Wildman–Crippen LogP) is 5.72. The van der Waals surface area contributed by atoms with Gasteiger partial charge < -0.3 is 10.2 Å². The molecule has 0 radical (unpaired) electrons. The molecule has 0 bridgehead atoms. The van der Waals surface area contributed by atoms with Crippen LogP contribution in [-0.4, -0.2) is 35.6 Å². The van der Waals surface area contributed by atoms with Crippen molar-refractivity contribution in [1.29, 1.82) is 0 Å². The van der Waals surface area contributed by atoms with Crippen LogP contribution in [0, 0.1) is 5.92 Å². The van der Waals surface area contributed by atoms with Gasteiger partial charge in [-0.25, -0.2) is 0 Å². The van der Waals surface area contributed by atoms with Gasteiger partial charge in [0.1, 0.15) is 0 Å². The highest BCUT2D eigenvalue weighted by Gasteiger charge is 2.28. The number of carbonyl (C=O) groups excluding carboxylic acids is 3. The van der Waals surface area contributed by atoms with Gasteiger partial charge >= 0.3 is 0 Å². The number of nitrogens with one attached hydrogen (secondary N) is 1. The van der Waals surface area contributed by atoms with Crippen LogP contribution in [0.2, 0.25) is 10.0 Å². The van der Waals surface area contributed by atoms with Crippen molar-refractivity contribution in [2.75, 3.05) is 18.4 Å². The van der Waals surface area contributed by atoms with Gasteiger partial charge in [0.05, 0.1) is 5.69 Å². The van der Waals surface area contributed by atoms with E-state index in [9.17, 15) is 14.4 Å².